The number of amides is 1. The predicted octanol–water partition coefficient (Wildman–Crippen LogP) is 5.85. The molecule has 1 heterocycles. The summed E-state index contributed by atoms with van der Waals surface area (Å²) in [7, 11) is 2.47. The van der Waals surface area contributed by atoms with Crippen LogP contribution in [0.1, 0.15) is 46.1 Å². The molecule has 2 atom stereocenters. The molecule has 42 heavy (non-hydrogen) atoms. The third-order valence-electron chi connectivity index (χ3n) is 6.90. The number of halogens is 6. The Morgan fingerprint density at radius 1 is 1.31 bits per heavy atom. The number of nitrogens with two attached hydrogens (primary N) is 1. The average molecular weight is 602 g/mol. The molecule has 1 fully saturated rings. The molecule has 1 aromatic carbocycles. The van der Waals surface area contributed by atoms with E-state index in [1.54, 1.807) is 20.8 Å². The van der Waals surface area contributed by atoms with Gasteiger partial charge in [-0.05, 0) is 49.5 Å². The first-order valence-electron chi connectivity index (χ1n) is 13.3. The van der Waals surface area contributed by atoms with Crippen LogP contribution >= 0.6 is 0 Å². The Morgan fingerprint density at radius 2 is 1.98 bits per heavy atom. The normalized spacial score (nSPS) is 21.2. The predicted molar refractivity (Wildman–Crippen MR) is 151 cm³/mol. The number of hydrogen-bond donors (Lipinski definition) is 2. The molecule has 3 N–H and O–H groups in total. The van der Waals surface area contributed by atoms with Crippen molar-refractivity contribution < 1.29 is 35.9 Å². The molecule has 0 bridgehead atoms. The van der Waals surface area contributed by atoms with Crippen LogP contribution in [0.4, 0.5) is 26.3 Å². The third-order valence-corrected chi connectivity index (χ3v) is 6.90. The van der Waals surface area contributed by atoms with Gasteiger partial charge in [-0.15, -0.1) is 0 Å². The summed E-state index contributed by atoms with van der Waals surface area (Å²) >= 11 is 0. The molecular formula is C29H37F6N5O2. The highest BCUT2D eigenvalue weighted by atomic mass is 19.4. The maximum Gasteiger partial charge on any atom is 0.421 e. The van der Waals surface area contributed by atoms with E-state index in [-0.39, 0.29) is 23.5 Å². The molecule has 0 spiro atoms. The number of nitrogens with one attached hydrogen (secondary N) is 1. The van der Waals surface area contributed by atoms with Gasteiger partial charge >= 0.3 is 6.18 Å². The Hall–Kier alpha value is -3.77. The molecule has 7 nitrogen and oxygen atoms in total. The summed E-state index contributed by atoms with van der Waals surface area (Å²) in [6.45, 7) is 5.10. The molecule has 2 rings (SSSR count). The topological polar surface area (TPSA) is 92.3 Å². The first kappa shape index (κ1) is 34.4. The van der Waals surface area contributed by atoms with Crippen LogP contribution in [0.3, 0.4) is 0 Å². The first-order chi connectivity index (χ1) is 19.6. The van der Waals surface area contributed by atoms with E-state index in [0.717, 1.165) is 24.2 Å². The summed E-state index contributed by atoms with van der Waals surface area (Å²) in [6.07, 6.45) is -2.78. The van der Waals surface area contributed by atoms with Crippen LogP contribution in [0.15, 0.2) is 63.0 Å². The summed E-state index contributed by atoms with van der Waals surface area (Å²) in [5.41, 5.74) is 5.56. The van der Waals surface area contributed by atoms with Gasteiger partial charge in [-0.2, -0.15) is 18.2 Å². The van der Waals surface area contributed by atoms with Crippen molar-refractivity contribution in [2.45, 2.75) is 58.7 Å². The van der Waals surface area contributed by atoms with Gasteiger partial charge in [-0.1, -0.05) is 32.1 Å². The van der Waals surface area contributed by atoms with E-state index in [9.17, 15) is 31.1 Å². The number of benzene rings is 1. The Labute approximate surface area is 241 Å². The van der Waals surface area contributed by atoms with Gasteiger partial charge in [0.25, 0.3) is 11.8 Å². The average Bonchev–Trinajstić information content (AvgIpc) is 2.91. The van der Waals surface area contributed by atoms with E-state index < -0.39 is 65.9 Å². The van der Waals surface area contributed by atoms with E-state index in [1.807, 2.05) is 0 Å². The highest BCUT2D eigenvalue weighted by Gasteiger charge is 2.46. The van der Waals surface area contributed by atoms with Gasteiger partial charge in [-0.25, -0.2) is 13.2 Å². The number of allylic oxidation sites excluding steroid dienone is 3. The maximum atomic E-state index is 14.8. The molecule has 0 aromatic heterocycles. The van der Waals surface area contributed by atoms with Gasteiger partial charge in [0, 0.05) is 31.8 Å². The lowest BCUT2D eigenvalue weighted by atomic mass is 9.87. The second-order valence-corrected chi connectivity index (χ2v) is 9.95. The van der Waals surface area contributed by atoms with Crippen molar-refractivity contribution in [3.63, 3.8) is 0 Å². The zero-order valence-electron chi connectivity index (χ0n) is 24.5. The largest absolute Gasteiger partial charge is 0.481 e. The van der Waals surface area contributed by atoms with E-state index in [0.29, 0.717) is 12.0 Å². The lowest BCUT2D eigenvalue weighted by Crippen LogP contribution is -2.59. The molecular weight excluding hydrogens is 564 g/mol. The van der Waals surface area contributed by atoms with Crippen molar-refractivity contribution in [1.29, 1.82) is 0 Å². The number of carbonyl (C=O) groups is 1. The molecule has 1 aromatic rings. The van der Waals surface area contributed by atoms with E-state index in [4.69, 9.17) is 10.5 Å². The summed E-state index contributed by atoms with van der Waals surface area (Å²) in [5, 5.41) is 2.96. The molecule has 232 valence electrons. The summed E-state index contributed by atoms with van der Waals surface area (Å²) in [5.74, 6) is -6.11. The molecule has 13 heteroatoms. The van der Waals surface area contributed by atoms with Crippen molar-refractivity contribution in [2.24, 2.45) is 21.6 Å². The van der Waals surface area contributed by atoms with Gasteiger partial charge in [0.2, 0.25) is 5.90 Å². The van der Waals surface area contributed by atoms with Gasteiger partial charge in [0.05, 0.1) is 19.7 Å². The number of rotatable bonds is 9. The molecule has 0 radical (unpaired) electrons. The Morgan fingerprint density at radius 3 is 2.50 bits per heavy atom. The minimum Gasteiger partial charge on any atom is -0.481 e. The number of aliphatic imine (C=N–C) groups is 2. The van der Waals surface area contributed by atoms with Crippen LogP contribution in [0.25, 0.3) is 5.57 Å². The highest BCUT2D eigenvalue weighted by molar-refractivity contribution is 6.18. The second kappa shape index (κ2) is 14.4. The highest BCUT2D eigenvalue weighted by Crippen LogP contribution is 2.35. The fraction of sp³-hybridized carbons (Fsp3) is 0.483. The molecule has 1 saturated heterocycles. The lowest BCUT2D eigenvalue weighted by molar-refractivity contribution is -0.148. The number of carbonyl (C=O) groups excluding carboxylic acids is 1. The standard InChI is InChI=1S/C29H37F6N5O2/c1-7-17(3)25(39-26(42-6)22(8-2)29(33,34)35)38-15-23-18(4)13-28(31,32)16-40(23)27(41)24(36)21(14-37-5)19-10-9-11-20(30)12-19/h8-12,14,18,23,38H,7,13,15-16,36H2,1-6H3/b22-8+,24-21?,25-17-,37-14?,39-26+. The summed E-state index contributed by atoms with van der Waals surface area (Å²) < 4.78 is 89.0. The minimum atomic E-state index is -4.73. The first-order valence-corrected chi connectivity index (χ1v) is 13.3. The molecule has 1 amide bonds. The van der Waals surface area contributed by atoms with Crippen molar-refractivity contribution in [3.05, 3.63) is 64.4 Å². The minimum absolute atomic E-state index is 0.0527. The number of nitrogens with zero attached hydrogens (tertiary/aromatic N) is 3. The monoisotopic (exact) mass is 601 g/mol. The molecule has 0 saturated carbocycles. The Kier molecular flexibility index (Phi) is 11.8. The SMILES string of the molecule is C\C=C(/C(=N\C(NCC1C(C)CC(F)(F)CN1C(=O)C(N)=C(C=NC)c1cccc(F)c1)=C(\C)CC)OC)C(F)(F)F. The summed E-state index contributed by atoms with van der Waals surface area (Å²) in [6, 6.07) is 4.40. The van der Waals surface area contributed by atoms with Crippen LogP contribution in [0, 0.1) is 11.7 Å². The van der Waals surface area contributed by atoms with Gasteiger partial charge in [0.1, 0.15) is 22.9 Å². The van der Waals surface area contributed by atoms with Crippen LogP contribution in [-0.4, -0.2) is 68.3 Å². The lowest BCUT2D eigenvalue weighted by Gasteiger charge is -2.43. The molecule has 1 aliphatic rings. The number of hydrogen-bond acceptors (Lipinski definition) is 6. The van der Waals surface area contributed by atoms with Crippen LogP contribution in [0.2, 0.25) is 0 Å². The zero-order valence-corrected chi connectivity index (χ0v) is 24.5. The molecule has 2 unspecified atom stereocenters. The number of piperidine rings is 1. The molecule has 0 aliphatic carbocycles. The Balaban J connectivity index is 2.54. The van der Waals surface area contributed by atoms with Gasteiger partial charge in [0.15, 0.2) is 0 Å². The fourth-order valence-corrected chi connectivity index (χ4v) is 4.61. The Bertz CT molecular complexity index is 1280. The fourth-order valence-electron chi connectivity index (χ4n) is 4.61. The summed E-state index contributed by atoms with van der Waals surface area (Å²) in [4.78, 5) is 22.5. The smallest absolute Gasteiger partial charge is 0.421 e. The number of methoxy groups -OCH3 is 1. The van der Waals surface area contributed by atoms with E-state index in [2.05, 4.69) is 15.3 Å². The molecule has 1 aliphatic heterocycles. The van der Waals surface area contributed by atoms with Crippen molar-refractivity contribution >= 4 is 23.6 Å². The van der Waals surface area contributed by atoms with Gasteiger partial charge < -0.3 is 20.7 Å². The number of ether oxygens (including phenoxy) is 1. The van der Waals surface area contributed by atoms with Crippen molar-refractivity contribution in [1.82, 2.24) is 10.2 Å². The van der Waals surface area contributed by atoms with Crippen LogP contribution in [-0.2, 0) is 9.53 Å². The van der Waals surface area contributed by atoms with Crippen molar-refractivity contribution in [3.8, 4) is 0 Å². The zero-order chi connectivity index (χ0) is 31.8. The van der Waals surface area contributed by atoms with Crippen molar-refractivity contribution in [2.75, 3.05) is 27.2 Å². The maximum absolute atomic E-state index is 14.8. The van der Waals surface area contributed by atoms with Crippen LogP contribution in [0.5, 0.6) is 0 Å². The number of likely N-dealkylation sites (tertiary alicyclic amines) is 1. The van der Waals surface area contributed by atoms with Gasteiger partial charge in [-0.3, -0.25) is 9.79 Å². The third kappa shape index (κ3) is 8.62. The van der Waals surface area contributed by atoms with Crippen LogP contribution < -0.4 is 11.1 Å². The van der Waals surface area contributed by atoms with E-state index >= 15 is 0 Å². The van der Waals surface area contributed by atoms with E-state index in [1.165, 1.54) is 38.4 Å². The second-order valence-electron chi connectivity index (χ2n) is 9.95. The quantitative estimate of drug-likeness (QED) is 0.161. The number of alkyl halides is 5.